The van der Waals surface area contributed by atoms with Crippen LogP contribution in [-0.4, -0.2) is 52.9 Å². The highest BCUT2D eigenvalue weighted by Gasteiger charge is 2.29. The van der Waals surface area contributed by atoms with E-state index in [-0.39, 0.29) is 5.91 Å². The van der Waals surface area contributed by atoms with Crippen molar-refractivity contribution in [2.75, 3.05) is 26.2 Å². The number of aryl methyl sites for hydroxylation is 3. The second-order valence-electron chi connectivity index (χ2n) is 8.71. The van der Waals surface area contributed by atoms with E-state index in [0.717, 1.165) is 47.1 Å². The van der Waals surface area contributed by atoms with Crippen molar-refractivity contribution in [3.05, 3.63) is 39.9 Å². The summed E-state index contributed by atoms with van der Waals surface area (Å²) in [6.45, 7) is 10.4. The fourth-order valence-electron chi connectivity index (χ4n) is 4.63. The van der Waals surface area contributed by atoms with E-state index in [4.69, 9.17) is 4.98 Å². The molecule has 2 saturated heterocycles. The van der Waals surface area contributed by atoms with Crippen LogP contribution in [0.2, 0.25) is 0 Å². The van der Waals surface area contributed by atoms with Crippen LogP contribution in [0.25, 0.3) is 10.6 Å². The van der Waals surface area contributed by atoms with Crippen molar-refractivity contribution < 1.29 is 4.79 Å². The van der Waals surface area contributed by atoms with Crippen molar-refractivity contribution in [2.45, 2.75) is 65.3 Å². The van der Waals surface area contributed by atoms with Crippen LogP contribution in [0.3, 0.4) is 0 Å². The Morgan fingerprint density at radius 1 is 0.966 bits per heavy atom. The maximum Gasteiger partial charge on any atom is 0.265 e. The average molecular weight is 412 g/mol. The third-order valence-electron chi connectivity index (χ3n) is 6.65. The SMILES string of the molecule is Cc1ccc(-c2nc(C)c(C(=O)N3CCC(N4CCCCCC4)CC3)s2)cc1C. The summed E-state index contributed by atoms with van der Waals surface area (Å²) < 4.78 is 0. The molecule has 3 heterocycles. The molecular weight excluding hydrogens is 378 g/mol. The molecule has 2 aliphatic heterocycles. The molecule has 1 aromatic heterocycles. The number of hydrogen-bond donors (Lipinski definition) is 0. The van der Waals surface area contributed by atoms with E-state index in [1.54, 1.807) is 11.3 Å². The number of thiazole rings is 1. The molecule has 0 bridgehead atoms. The molecule has 1 aromatic carbocycles. The van der Waals surface area contributed by atoms with E-state index >= 15 is 0 Å². The van der Waals surface area contributed by atoms with E-state index < -0.39 is 0 Å². The first-order valence-corrected chi connectivity index (χ1v) is 11.9. The highest BCUT2D eigenvalue weighted by atomic mass is 32.1. The van der Waals surface area contributed by atoms with E-state index in [2.05, 4.69) is 41.8 Å². The van der Waals surface area contributed by atoms with Crippen molar-refractivity contribution in [1.29, 1.82) is 0 Å². The minimum absolute atomic E-state index is 0.171. The molecule has 4 rings (SSSR count). The van der Waals surface area contributed by atoms with E-state index in [9.17, 15) is 4.79 Å². The van der Waals surface area contributed by atoms with Gasteiger partial charge in [-0.2, -0.15) is 0 Å². The van der Waals surface area contributed by atoms with Crippen LogP contribution in [-0.2, 0) is 0 Å². The van der Waals surface area contributed by atoms with E-state index in [1.807, 2.05) is 6.92 Å². The number of amides is 1. The predicted octanol–water partition coefficient (Wildman–Crippen LogP) is 5.22. The maximum absolute atomic E-state index is 13.2. The molecule has 0 unspecified atom stereocenters. The minimum atomic E-state index is 0.171. The molecule has 2 fully saturated rings. The van der Waals surface area contributed by atoms with Gasteiger partial charge in [0.1, 0.15) is 9.88 Å². The van der Waals surface area contributed by atoms with Crippen LogP contribution in [0, 0.1) is 20.8 Å². The van der Waals surface area contributed by atoms with Gasteiger partial charge in [0.05, 0.1) is 5.69 Å². The second-order valence-corrected chi connectivity index (χ2v) is 9.71. The first-order chi connectivity index (χ1) is 14.0. The maximum atomic E-state index is 13.2. The number of carbonyl (C=O) groups excluding carboxylic acids is 1. The third-order valence-corrected chi connectivity index (χ3v) is 7.85. The Balaban J connectivity index is 1.42. The summed E-state index contributed by atoms with van der Waals surface area (Å²) in [7, 11) is 0. The Labute approximate surface area is 178 Å². The van der Waals surface area contributed by atoms with Crippen molar-refractivity contribution >= 4 is 17.2 Å². The molecule has 0 atom stereocenters. The van der Waals surface area contributed by atoms with Crippen LogP contribution >= 0.6 is 11.3 Å². The number of hydrogen-bond acceptors (Lipinski definition) is 4. The van der Waals surface area contributed by atoms with E-state index in [1.165, 1.54) is 49.9 Å². The van der Waals surface area contributed by atoms with E-state index in [0.29, 0.717) is 6.04 Å². The van der Waals surface area contributed by atoms with Crippen LogP contribution < -0.4 is 0 Å². The topological polar surface area (TPSA) is 36.4 Å². The molecule has 0 saturated carbocycles. The molecule has 29 heavy (non-hydrogen) atoms. The van der Waals surface area contributed by atoms with Crippen LogP contribution in [0.4, 0.5) is 0 Å². The van der Waals surface area contributed by atoms with Crippen LogP contribution in [0.1, 0.15) is 65.0 Å². The zero-order chi connectivity index (χ0) is 20.4. The lowest BCUT2D eigenvalue weighted by molar-refractivity contribution is 0.0626. The largest absolute Gasteiger partial charge is 0.338 e. The average Bonchev–Trinajstić information content (AvgIpc) is 2.93. The smallest absolute Gasteiger partial charge is 0.265 e. The van der Waals surface area contributed by atoms with Gasteiger partial charge in [-0.15, -0.1) is 11.3 Å². The second kappa shape index (κ2) is 8.97. The zero-order valence-corrected chi connectivity index (χ0v) is 18.9. The van der Waals surface area contributed by atoms with Gasteiger partial charge < -0.3 is 9.80 Å². The summed E-state index contributed by atoms with van der Waals surface area (Å²) in [6.07, 6.45) is 7.63. The number of carbonyl (C=O) groups is 1. The van der Waals surface area contributed by atoms with Gasteiger partial charge >= 0.3 is 0 Å². The van der Waals surface area contributed by atoms with Crippen LogP contribution in [0.15, 0.2) is 18.2 Å². The summed E-state index contributed by atoms with van der Waals surface area (Å²) in [6, 6.07) is 7.08. The molecule has 0 N–H and O–H groups in total. The molecule has 2 aliphatic rings. The zero-order valence-electron chi connectivity index (χ0n) is 18.0. The normalized spacial score (nSPS) is 19.3. The first-order valence-electron chi connectivity index (χ1n) is 11.1. The molecular formula is C24H33N3OS. The predicted molar refractivity (Wildman–Crippen MR) is 121 cm³/mol. The Bertz CT molecular complexity index is 859. The van der Waals surface area contributed by atoms with Gasteiger partial charge in [-0.1, -0.05) is 25.0 Å². The monoisotopic (exact) mass is 411 g/mol. The fraction of sp³-hybridized carbons (Fsp3) is 0.583. The fourth-order valence-corrected chi connectivity index (χ4v) is 5.66. The molecule has 0 aliphatic carbocycles. The first kappa shape index (κ1) is 20.5. The lowest BCUT2D eigenvalue weighted by atomic mass is 10.0. The molecule has 4 nitrogen and oxygen atoms in total. The van der Waals surface area contributed by atoms with Gasteiger partial charge in [0, 0.05) is 24.7 Å². The van der Waals surface area contributed by atoms with Gasteiger partial charge in [0.25, 0.3) is 5.91 Å². The number of piperidine rings is 1. The Morgan fingerprint density at radius 2 is 1.66 bits per heavy atom. The number of rotatable bonds is 3. The Hall–Kier alpha value is -1.72. The number of aromatic nitrogens is 1. The van der Waals surface area contributed by atoms with Crippen molar-refractivity contribution in [1.82, 2.24) is 14.8 Å². The van der Waals surface area contributed by atoms with Crippen molar-refractivity contribution in [3.63, 3.8) is 0 Å². The molecule has 0 spiro atoms. The quantitative estimate of drug-likeness (QED) is 0.695. The molecule has 156 valence electrons. The lowest BCUT2D eigenvalue weighted by Gasteiger charge is -2.38. The van der Waals surface area contributed by atoms with Gasteiger partial charge in [-0.3, -0.25) is 4.79 Å². The van der Waals surface area contributed by atoms with Crippen molar-refractivity contribution in [3.8, 4) is 10.6 Å². The summed E-state index contributed by atoms with van der Waals surface area (Å²) in [5.41, 5.74) is 4.52. The Kier molecular flexibility index (Phi) is 6.35. The molecule has 1 amide bonds. The van der Waals surface area contributed by atoms with Gasteiger partial charge in [-0.05, 0) is 76.7 Å². The highest BCUT2D eigenvalue weighted by molar-refractivity contribution is 7.17. The van der Waals surface area contributed by atoms with Gasteiger partial charge in [-0.25, -0.2) is 4.98 Å². The number of likely N-dealkylation sites (tertiary alicyclic amines) is 2. The number of nitrogens with zero attached hydrogens (tertiary/aromatic N) is 3. The lowest BCUT2D eigenvalue weighted by Crippen LogP contribution is -2.47. The summed E-state index contributed by atoms with van der Waals surface area (Å²) in [5.74, 6) is 0.171. The molecule has 5 heteroatoms. The summed E-state index contributed by atoms with van der Waals surface area (Å²) in [4.78, 5) is 23.5. The highest BCUT2D eigenvalue weighted by Crippen LogP contribution is 2.31. The molecule has 0 radical (unpaired) electrons. The van der Waals surface area contributed by atoms with Crippen LogP contribution in [0.5, 0.6) is 0 Å². The Morgan fingerprint density at radius 3 is 2.31 bits per heavy atom. The standard InChI is InChI=1S/C24H33N3OS/c1-17-8-9-20(16-18(17)2)23-25-19(3)22(29-23)24(28)27-14-10-21(11-15-27)26-12-6-4-5-7-13-26/h8-9,16,21H,4-7,10-15H2,1-3H3. The summed E-state index contributed by atoms with van der Waals surface area (Å²) in [5, 5.41) is 0.952. The summed E-state index contributed by atoms with van der Waals surface area (Å²) >= 11 is 1.55. The van der Waals surface area contributed by atoms with Crippen molar-refractivity contribution in [2.24, 2.45) is 0 Å². The number of benzene rings is 1. The minimum Gasteiger partial charge on any atom is -0.338 e. The third kappa shape index (κ3) is 4.56. The van der Waals surface area contributed by atoms with Gasteiger partial charge in [0.2, 0.25) is 0 Å². The molecule has 2 aromatic rings. The van der Waals surface area contributed by atoms with Gasteiger partial charge in [0.15, 0.2) is 0 Å².